The van der Waals surface area contributed by atoms with Crippen molar-refractivity contribution in [2.75, 3.05) is 21.0 Å². The number of methoxy groups -OCH3 is 2. The van der Waals surface area contributed by atoms with Gasteiger partial charge in [0.05, 0.1) is 12.2 Å². The van der Waals surface area contributed by atoms with E-state index in [2.05, 4.69) is 0 Å². The van der Waals surface area contributed by atoms with Crippen LogP contribution >= 0.6 is 0 Å². The van der Waals surface area contributed by atoms with Gasteiger partial charge in [-0.05, 0) is 19.3 Å². The molecular weight excluding hydrogens is 200 g/mol. The van der Waals surface area contributed by atoms with Gasteiger partial charge in [-0.1, -0.05) is 0 Å². The van der Waals surface area contributed by atoms with E-state index in [1.165, 1.54) is 7.11 Å². The van der Waals surface area contributed by atoms with Crippen LogP contribution in [0.15, 0.2) is 0 Å². The standard InChI is InChI=1S/C10H18O5/c1-13-6-15-8-5-3-4-7(14-2)9(8)10(11)12/h7-9H,3-6H2,1-2H3,(H,11,12). The van der Waals surface area contributed by atoms with Gasteiger partial charge < -0.3 is 19.3 Å². The number of aliphatic carboxylic acids is 1. The van der Waals surface area contributed by atoms with E-state index in [-0.39, 0.29) is 19.0 Å². The summed E-state index contributed by atoms with van der Waals surface area (Å²) < 4.78 is 15.3. The van der Waals surface area contributed by atoms with E-state index >= 15 is 0 Å². The van der Waals surface area contributed by atoms with Crippen molar-refractivity contribution in [3.63, 3.8) is 0 Å². The average molecular weight is 218 g/mol. The number of carboxylic acids is 1. The summed E-state index contributed by atoms with van der Waals surface area (Å²) in [5, 5.41) is 9.11. The molecular formula is C10H18O5. The Balaban J connectivity index is 2.61. The molecule has 1 aliphatic carbocycles. The van der Waals surface area contributed by atoms with Gasteiger partial charge >= 0.3 is 5.97 Å². The van der Waals surface area contributed by atoms with Crippen LogP contribution in [-0.2, 0) is 19.0 Å². The monoisotopic (exact) mass is 218 g/mol. The molecule has 3 atom stereocenters. The summed E-state index contributed by atoms with van der Waals surface area (Å²) in [5.74, 6) is -1.44. The smallest absolute Gasteiger partial charge is 0.311 e. The maximum Gasteiger partial charge on any atom is 0.311 e. The Morgan fingerprint density at radius 3 is 2.53 bits per heavy atom. The van der Waals surface area contributed by atoms with Crippen molar-refractivity contribution < 1.29 is 24.1 Å². The van der Waals surface area contributed by atoms with Crippen LogP contribution in [-0.4, -0.2) is 44.3 Å². The molecule has 1 saturated carbocycles. The molecule has 0 amide bonds. The highest BCUT2D eigenvalue weighted by Gasteiger charge is 2.39. The Hall–Kier alpha value is -0.650. The highest BCUT2D eigenvalue weighted by atomic mass is 16.7. The SMILES string of the molecule is COCOC1CCCC(OC)C1C(=O)O. The van der Waals surface area contributed by atoms with Crippen molar-refractivity contribution in [1.82, 2.24) is 0 Å². The molecule has 0 radical (unpaired) electrons. The van der Waals surface area contributed by atoms with Crippen LogP contribution < -0.4 is 0 Å². The van der Waals surface area contributed by atoms with Gasteiger partial charge in [0, 0.05) is 14.2 Å². The summed E-state index contributed by atoms with van der Waals surface area (Å²) in [6, 6.07) is 0. The summed E-state index contributed by atoms with van der Waals surface area (Å²) >= 11 is 0. The lowest BCUT2D eigenvalue weighted by atomic mass is 9.84. The zero-order chi connectivity index (χ0) is 11.3. The van der Waals surface area contributed by atoms with E-state index in [1.807, 2.05) is 0 Å². The number of carbonyl (C=O) groups is 1. The summed E-state index contributed by atoms with van der Waals surface area (Å²) in [7, 11) is 3.06. The van der Waals surface area contributed by atoms with Gasteiger partial charge in [0.2, 0.25) is 0 Å². The van der Waals surface area contributed by atoms with Crippen molar-refractivity contribution in [2.24, 2.45) is 5.92 Å². The van der Waals surface area contributed by atoms with Crippen LogP contribution in [0.2, 0.25) is 0 Å². The van der Waals surface area contributed by atoms with Crippen molar-refractivity contribution in [1.29, 1.82) is 0 Å². The number of hydrogen-bond donors (Lipinski definition) is 1. The molecule has 0 spiro atoms. The van der Waals surface area contributed by atoms with Gasteiger partial charge in [0.25, 0.3) is 0 Å². The molecule has 15 heavy (non-hydrogen) atoms. The second kappa shape index (κ2) is 6.05. The summed E-state index contributed by atoms with van der Waals surface area (Å²) in [5.41, 5.74) is 0. The largest absolute Gasteiger partial charge is 0.481 e. The van der Waals surface area contributed by atoms with Crippen molar-refractivity contribution in [3.05, 3.63) is 0 Å². The first-order valence-corrected chi connectivity index (χ1v) is 5.06. The first kappa shape index (κ1) is 12.4. The fourth-order valence-corrected chi connectivity index (χ4v) is 2.04. The quantitative estimate of drug-likeness (QED) is 0.694. The van der Waals surface area contributed by atoms with Gasteiger partial charge in [0.15, 0.2) is 0 Å². The maximum absolute atomic E-state index is 11.1. The second-order valence-corrected chi connectivity index (χ2v) is 3.68. The molecule has 0 aromatic rings. The average Bonchev–Trinajstić information content (AvgIpc) is 2.25. The van der Waals surface area contributed by atoms with Crippen LogP contribution in [0, 0.1) is 5.92 Å². The predicted molar refractivity (Wildman–Crippen MR) is 52.5 cm³/mol. The highest BCUT2D eigenvalue weighted by Crippen LogP contribution is 2.29. The van der Waals surface area contributed by atoms with Gasteiger partial charge in [-0.15, -0.1) is 0 Å². The molecule has 0 saturated heterocycles. The van der Waals surface area contributed by atoms with E-state index in [9.17, 15) is 4.79 Å². The zero-order valence-corrected chi connectivity index (χ0v) is 9.14. The molecule has 3 unspecified atom stereocenters. The molecule has 5 nitrogen and oxygen atoms in total. The highest BCUT2D eigenvalue weighted by molar-refractivity contribution is 5.71. The molecule has 88 valence electrons. The number of hydrogen-bond acceptors (Lipinski definition) is 4. The number of carboxylic acid groups (broad SMARTS) is 1. The molecule has 1 N–H and O–H groups in total. The first-order chi connectivity index (χ1) is 7.20. The molecule has 1 rings (SSSR count). The third kappa shape index (κ3) is 3.15. The van der Waals surface area contributed by atoms with Gasteiger partial charge in [-0.25, -0.2) is 0 Å². The van der Waals surface area contributed by atoms with Gasteiger partial charge in [-0.2, -0.15) is 0 Å². The lowest BCUT2D eigenvalue weighted by molar-refractivity contribution is -0.169. The fourth-order valence-electron chi connectivity index (χ4n) is 2.04. The molecule has 0 aromatic heterocycles. The summed E-state index contributed by atoms with van der Waals surface area (Å²) in [4.78, 5) is 11.1. The number of rotatable bonds is 5. The third-order valence-corrected chi connectivity index (χ3v) is 2.77. The lowest BCUT2D eigenvalue weighted by Crippen LogP contribution is -2.44. The van der Waals surface area contributed by atoms with E-state index in [0.29, 0.717) is 0 Å². The molecule has 5 heteroatoms. The summed E-state index contributed by atoms with van der Waals surface area (Å²) in [6.07, 6.45) is 1.90. The van der Waals surface area contributed by atoms with Crippen molar-refractivity contribution in [3.8, 4) is 0 Å². The maximum atomic E-state index is 11.1. The molecule has 0 heterocycles. The fraction of sp³-hybridized carbons (Fsp3) is 0.900. The van der Waals surface area contributed by atoms with Gasteiger partial charge in [0.1, 0.15) is 12.7 Å². The molecule has 0 aliphatic heterocycles. The topological polar surface area (TPSA) is 65.0 Å². The number of ether oxygens (including phenoxy) is 3. The second-order valence-electron chi connectivity index (χ2n) is 3.68. The Bertz CT molecular complexity index is 206. The lowest BCUT2D eigenvalue weighted by Gasteiger charge is -2.34. The van der Waals surface area contributed by atoms with Crippen LogP contribution in [0.3, 0.4) is 0 Å². The van der Waals surface area contributed by atoms with Crippen LogP contribution in [0.1, 0.15) is 19.3 Å². The Labute approximate surface area is 89.3 Å². The zero-order valence-electron chi connectivity index (χ0n) is 9.14. The van der Waals surface area contributed by atoms with Crippen LogP contribution in [0.5, 0.6) is 0 Å². The predicted octanol–water partition coefficient (Wildman–Crippen LogP) is 0.875. The molecule has 1 fully saturated rings. The minimum atomic E-state index is -0.859. The van der Waals surface area contributed by atoms with E-state index in [0.717, 1.165) is 19.3 Å². The minimum Gasteiger partial charge on any atom is -0.481 e. The van der Waals surface area contributed by atoms with Gasteiger partial charge in [-0.3, -0.25) is 4.79 Å². The first-order valence-electron chi connectivity index (χ1n) is 5.06. The van der Waals surface area contributed by atoms with Crippen molar-refractivity contribution >= 4 is 5.97 Å². The third-order valence-electron chi connectivity index (χ3n) is 2.77. The van der Waals surface area contributed by atoms with Crippen LogP contribution in [0.25, 0.3) is 0 Å². The van der Waals surface area contributed by atoms with E-state index in [1.54, 1.807) is 7.11 Å². The Kier molecular flexibility index (Phi) is 5.01. The van der Waals surface area contributed by atoms with E-state index in [4.69, 9.17) is 19.3 Å². The normalized spacial score (nSPS) is 31.5. The Morgan fingerprint density at radius 1 is 1.33 bits per heavy atom. The molecule has 0 bridgehead atoms. The molecule has 1 aliphatic rings. The van der Waals surface area contributed by atoms with E-state index < -0.39 is 11.9 Å². The van der Waals surface area contributed by atoms with Crippen molar-refractivity contribution in [2.45, 2.75) is 31.5 Å². The summed E-state index contributed by atoms with van der Waals surface area (Å²) in [6.45, 7) is 0.130. The molecule has 0 aromatic carbocycles. The minimum absolute atomic E-state index is 0.130. The Morgan fingerprint density at radius 2 is 2.00 bits per heavy atom. The van der Waals surface area contributed by atoms with Crippen LogP contribution in [0.4, 0.5) is 0 Å².